The molecule has 0 spiro atoms. The average molecular weight is 193 g/mol. The molecular weight excluding hydrogens is 178 g/mol. The van der Waals surface area contributed by atoms with Crippen molar-refractivity contribution in [2.24, 2.45) is 0 Å². The molecule has 14 heavy (non-hydrogen) atoms. The molecule has 0 aromatic heterocycles. The molecule has 1 atom stereocenters. The monoisotopic (exact) mass is 193 g/mol. The van der Waals surface area contributed by atoms with Gasteiger partial charge < -0.3 is 15.2 Å². The van der Waals surface area contributed by atoms with Gasteiger partial charge in [0.15, 0.2) is 0 Å². The first kappa shape index (κ1) is 9.49. The van der Waals surface area contributed by atoms with Gasteiger partial charge in [0.2, 0.25) is 0 Å². The van der Waals surface area contributed by atoms with E-state index in [1.807, 2.05) is 12.1 Å². The third-order valence-corrected chi connectivity index (χ3v) is 2.42. The quantitative estimate of drug-likeness (QED) is 0.734. The minimum atomic E-state index is 0.321. The maximum absolute atomic E-state index is 9.12. The fraction of sp³-hybridized carbons (Fsp3) is 0.455. The van der Waals surface area contributed by atoms with E-state index in [4.69, 9.17) is 9.84 Å². The van der Waals surface area contributed by atoms with Gasteiger partial charge in [-0.3, -0.25) is 0 Å². The summed E-state index contributed by atoms with van der Waals surface area (Å²) in [7, 11) is 0. The number of nitrogens with one attached hydrogen (secondary N) is 1. The Morgan fingerprint density at radius 1 is 1.36 bits per heavy atom. The number of hydrogen-bond donors (Lipinski definition) is 2. The highest BCUT2D eigenvalue weighted by molar-refractivity contribution is 5.26. The van der Waals surface area contributed by atoms with Gasteiger partial charge in [-0.15, -0.1) is 0 Å². The van der Waals surface area contributed by atoms with Crippen molar-refractivity contribution in [3.05, 3.63) is 29.8 Å². The van der Waals surface area contributed by atoms with Crippen LogP contribution in [0.15, 0.2) is 24.3 Å². The predicted molar refractivity (Wildman–Crippen MR) is 54.4 cm³/mol. The van der Waals surface area contributed by atoms with Gasteiger partial charge in [0.05, 0.1) is 13.2 Å². The van der Waals surface area contributed by atoms with Gasteiger partial charge in [0.25, 0.3) is 0 Å². The average Bonchev–Trinajstić information content (AvgIpc) is 2.23. The van der Waals surface area contributed by atoms with E-state index in [1.165, 1.54) is 5.56 Å². The molecule has 0 saturated carbocycles. The highest BCUT2D eigenvalue weighted by Crippen LogP contribution is 2.11. The molecule has 2 N–H and O–H groups in total. The standard InChI is InChI=1S/C11H15NO2/c13-11-3-1-9(2-4-11)7-10-8-14-6-5-12-10/h1-4,10,12-13H,5-8H2/t10-/m1/s1. The summed E-state index contributed by atoms with van der Waals surface area (Å²) in [6.45, 7) is 2.52. The van der Waals surface area contributed by atoms with Crippen LogP contribution in [0.3, 0.4) is 0 Å². The van der Waals surface area contributed by atoms with Crippen LogP contribution >= 0.6 is 0 Å². The maximum Gasteiger partial charge on any atom is 0.115 e. The first-order valence-electron chi connectivity index (χ1n) is 4.93. The zero-order valence-corrected chi connectivity index (χ0v) is 8.07. The van der Waals surface area contributed by atoms with E-state index < -0.39 is 0 Å². The Balaban J connectivity index is 1.92. The summed E-state index contributed by atoms with van der Waals surface area (Å²) >= 11 is 0. The first-order valence-corrected chi connectivity index (χ1v) is 4.93. The molecule has 0 unspecified atom stereocenters. The molecule has 3 nitrogen and oxygen atoms in total. The number of phenolic OH excluding ortho intramolecular Hbond substituents is 1. The van der Waals surface area contributed by atoms with Crippen LogP contribution in [0.5, 0.6) is 5.75 Å². The van der Waals surface area contributed by atoms with Gasteiger partial charge in [0.1, 0.15) is 5.75 Å². The predicted octanol–water partition coefficient (Wildman–Crippen LogP) is 0.923. The van der Waals surface area contributed by atoms with Crippen molar-refractivity contribution in [2.75, 3.05) is 19.8 Å². The van der Waals surface area contributed by atoms with Crippen LogP contribution in [0.2, 0.25) is 0 Å². The van der Waals surface area contributed by atoms with Gasteiger partial charge in [0, 0.05) is 12.6 Å². The fourth-order valence-corrected chi connectivity index (χ4v) is 1.67. The highest BCUT2D eigenvalue weighted by atomic mass is 16.5. The second kappa shape index (κ2) is 4.44. The number of aromatic hydroxyl groups is 1. The van der Waals surface area contributed by atoms with Crippen LogP contribution < -0.4 is 5.32 Å². The Bertz CT molecular complexity index is 278. The summed E-state index contributed by atoms with van der Waals surface area (Å²) in [6, 6.07) is 7.75. The second-order valence-corrected chi connectivity index (χ2v) is 3.60. The number of morpholine rings is 1. The molecule has 3 heteroatoms. The normalized spacial score (nSPS) is 22.1. The van der Waals surface area contributed by atoms with E-state index in [2.05, 4.69) is 5.32 Å². The van der Waals surface area contributed by atoms with E-state index in [0.717, 1.165) is 26.2 Å². The lowest BCUT2D eigenvalue weighted by Crippen LogP contribution is -2.42. The molecule has 2 rings (SSSR count). The van der Waals surface area contributed by atoms with Gasteiger partial charge in [-0.25, -0.2) is 0 Å². The van der Waals surface area contributed by atoms with E-state index in [9.17, 15) is 0 Å². The van der Waals surface area contributed by atoms with Crippen molar-refractivity contribution in [3.63, 3.8) is 0 Å². The molecule has 1 heterocycles. The Morgan fingerprint density at radius 3 is 2.79 bits per heavy atom. The van der Waals surface area contributed by atoms with Crippen molar-refractivity contribution >= 4 is 0 Å². The number of benzene rings is 1. The second-order valence-electron chi connectivity index (χ2n) is 3.60. The van der Waals surface area contributed by atoms with Gasteiger partial charge in [-0.05, 0) is 24.1 Å². The molecule has 0 bridgehead atoms. The molecule has 1 fully saturated rings. The van der Waals surface area contributed by atoms with E-state index in [1.54, 1.807) is 12.1 Å². The number of ether oxygens (including phenoxy) is 1. The molecule has 76 valence electrons. The van der Waals surface area contributed by atoms with Crippen LogP contribution in [0.4, 0.5) is 0 Å². The van der Waals surface area contributed by atoms with E-state index >= 15 is 0 Å². The van der Waals surface area contributed by atoms with Gasteiger partial charge >= 0.3 is 0 Å². The summed E-state index contributed by atoms with van der Waals surface area (Å²) in [6.07, 6.45) is 0.959. The lowest BCUT2D eigenvalue weighted by molar-refractivity contribution is 0.0770. The zero-order chi connectivity index (χ0) is 9.80. The first-order chi connectivity index (χ1) is 6.84. The Hall–Kier alpha value is -1.06. The smallest absolute Gasteiger partial charge is 0.115 e. The molecule has 1 aliphatic heterocycles. The van der Waals surface area contributed by atoms with Crippen molar-refractivity contribution in [1.29, 1.82) is 0 Å². The van der Waals surface area contributed by atoms with Crippen molar-refractivity contribution in [3.8, 4) is 5.75 Å². The lowest BCUT2D eigenvalue weighted by atomic mass is 10.1. The molecule has 0 radical (unpaired) electrons. The van der Waals surface area contributed by atoms with Crippen LogP contribution in [0.1, 0.15) is 5.56 Å². The Kier molecular flexibility index (Phi) is 3.01. The molecule has 0 amide bonds. The molecule has 0 aliphatic carbocycles. The van der Waals surface area contributed by atoms with E-state index in [0.29, 0.717) is 11.8 Å². The largest absolute Gasteiger partial charge is 0.508 e. The lowest BCUT2D eigenvalue weighted by Gasteiger charge is -2.23. The van der Waals surface area contributed by atoms with Crippen LogP contribution in [0, 0.1) is 0 Å². The summed E-state index contributed by atoms with van der Waals surface area (Å²) in [4.78, 5) is 0. The van der Waals surface area contributed by atoms with Crippen LogP contribution in [-0.4, -0.2) is 30.9 Å². The zero-order valence-electron chi connectivity index (χ0n) is 8.07. The van der Waals surface area contributed by atoms with Crippen LogP contribution in [-0.2, 0) is 11.2 Å². The van der Waals surface area contributed by atoms with Gasteiger partial charge in [-0.2, -0.15) is 0 Å². The maximum atomic E-state index is 9.12. The third kappa shape index (κ3) is 2.47. The third-order valence-electron chi connectivity index (χ3n) is 2.42. The topological polar surface area (TPSA) is 41.5 Å². The van der Waals surface area contributed by atoms with Gasteiger partial charge in [-0.1, -0.05) is 12.1 Å². The molecule has 1 aromatic rings. The summed E-state index contributed by atoms with van der Waals surface area (Å²) in [5.74, 6) is 0.321. The van der Waals surface area contributed by atoms with Crippen molar-refractivity contribution < 1.29 is 9.84 Å². The Labute approximate surface area is 83.7 Å². The minimum absolute atomic E-state index is 0.321. The van der Waals surface area contributed by atoms with Crippen molar-refractivity contribution in [2.45, 2.75) is 12.5 Å². The summed E-state index contributed by atoms with van der Waals surface area (Å²) in [5, 5.41) is 12.5. The molecule has 1 saturated heterocycles. The van der Waals surface area contributed by atoms with Crippen LogP contribution in [0.25, 0.3) is 0 Å². The van der Waals surface area contributed by atoms with E-state index in [-0.39, 0.29) is 0 Å². The highest BCUT2D eigenvalue weighted by Gasteiger charge is 2.12. The summed E-state index contributed by atoms with van der Waals surface area (Å²) in [5.41, 5.74) is 1.23. The fourth-order valence-electron chi connectivity index (χ4n) is 1.67. The SMILES string of the molecule is Oc1ccc(C[C@@H]2COCCN2)cc1. The number of phenols is 1. The number of rotatable bonds is 2. The molecular formula is C11H15NO2. The molecule has 1 aromatic carbocycles. The Morgan fingerprint density at radius 2 is 2.14 bits per heavy atom. The number of hydrogen-bond acceptors (Lipinski definition) is 3. The van der Waals surface area contributed by atoms with Crippen molar-refractivity contribution in [1.82, 2.24) is 5.32 Å². The molecule has 1 aliphatic rings. The summed E-state index contributed by atoms with van der Waals surface area (Å²) < 4.78 is 5.37. The minimum Gasteiger partial charge on any atom is -0.508 e.